The third-order valence-corrected chi connectivity index (χ3v) is 11.7. The number of phosphoric acid groups is 1. The lowest BCUT2D eigenvalue weighted by molar-refractivity contribution is -0.870. The quantitative estimate of drug-likeness (QED) is 0.0195. The van der Waals surface area contributed by atoms with E-state index in [-0.39, 0.29) is 26.1 Å². The summed E-state index contributed by atoms with van der Waals surface area (Å²) >= 11 is 0. The Kier molecular flexibility index (Phi) is 46.8. The Morgan fingerprint density at radius 1 is 0.464 bits per heavy atom. The normalized spacial score (nSPS) is 14.3. The van der Waals surface area contributed by atoms with Crippen molar-refractivity contribution in [2.24, 2.45) is 0 Å². The number of allylic oxidation sites excluding steroid dienone is 20. The standard InChI is InChI=1S/C59H98NO8P/c1-6-8-10-12-14-16-18-20-22-24-25-26-27-28-29-30-31-32-33-34-35-36-38-40-42-44-46-48-50-52-59(62)68-57(56-67-69(63,64)66-54-53-60(3,4)5)55-65-58(61)51-49-47-45-43-41-39-37-23-21-19-17-15-13-11-9-7-2/h8,10,14,16-17,19-20,22-23,25-26,28-29,31-32,34-35,37-38,40,57H,6-7,9,11-13,15,18,21,24,27,30,33,36,39,41-56H2,1-5H3/b10-8-,16-14-,19-17-,22-20-,26-25-,29-28-,32-31-,35-34-,37-23-,40-38-. The van der Waals surface area contributed by atoms with Gasteiger partial charge in [-0.3, -0.25) is 14.2 Å². The molecule has 2 unspecified atom stereocenters. The second kappa shape index (κ2) is 49.4. The van der Waals surface area contributed by atoms with Gasteiger partial charge in [0.25, 0.3) is 7.82 Å². The van der Waals surface area contributed by atoms with Crippen LogP contribution in [0.4, 0.5) is 0 Å². The van der Waals surface area contributed by atoms with Crippen molar-refractivity contribution >= 4 is 19.8 Å². The van der Waals surface area contributed by atoms with Crippen molar-refractivity contribution in [3.63, 3.8) is 0 Å². The summed E-state index contributed by atoms with van der Waals surface area (Å²) < 4.78 is 34.0. The van der Waals surface area contributed by atoms with E-state index in [2.05, 4.69) is 135 Å². The number of hydrogen-bond acceptors (Lipinski definition) is 8. The predicted molar refractivity (Wildman–Crippen MR) is 291 cm³/mol. The van der Waals surface area contributed by atoms with Crippen LogP contribution in [0.25, 0.3) is 0 Å². The van der Waals surface area contributed by atoms with Crippen LogP contribution in [0.15, 0.2) is 122 Å². The topological polar surface area (TPSA) is 111 Å². The number of unbranched alkanes of at least 4 members (excludes halogenated alkanes) is 13. The van der Waals surface area contributed by atoms with E-state index >= 15 is 0 Å². The van der Waals surface area contributed by atoms with E-state index in [4.69, 9.17) is 18.5 Å². The molecule has 0 amide bonds. The van der Waals surface area contributed by atoms with Gasteiger partial charge in [-0.05, 0) is 109 Å². The van der Waals surface area contributed by atoms with E-state index in [0.29, 0.717) is 23.9 Å². The van der Waals surface area contributed by atoms with E-state index in [9.17, 15) is 19.0 Å². The van der Waals surface area contributed by atoms with Crippen molar-refractivity contribution in [1.82, 2.24) is 0 Å². The zero-order valence-corrected chi connectivity index (χ0v) is 45.1. The van der Waals surface area contributed by atoms with E-state index in [1.165, 1.54) is 32.1 Å². The molecule has 0 aromatic heterocycles. The van der Waals surface area contributed by atoms with Gasteiger partial charge in [0.2, 0.25) is 0 Å². The Bertz CT molecular complexity index is 1580. The van der Waals surface area contributed by atoms with Crippen LogP contribution in [0.3, 0.4) is 0 Å². The maximum absolute atomic E-state index is 12.8. The summed E-state index contributed by atoms with van der Waals surface area (Å²) in [5.41, 5.74) is 0. The van der Waals surface area contributed by atoms with Crippen LogP contribution in [0.5, 0.6) is 0 Å². The Balaban J connectivity index is 4.33. The van der Waals surface area contributed by atoms with Crippen LogP contribution in [0.1, 0.15) is 187 Å². The van der Waals surface area contributed by atoms with Crippen LogP contribution in [-0.4, -0.2) is 70.0 Å². The number of ether oxygens (including phenoxy) is 2. The van der Waals surface area contributed by atoms with Gasteiger partial charge in [0.15, 0.2) is 6.10 Å². The molecule has 0 saturated heterocycles. The molecule has 69 heavy (non-hydrogen) atoms. The minimum Gasteiger partial charge on any atom is -0.756 e. The molecule has 0 radical (unpaired) electrons. The Labute approximate surface area is 422 Å². The zero-order chi connectivity index (χ0) is 50.6. The number of carbonyl (C=O) groups excluding carboxylic acids is 2. The summed E-state index contributed by atoms with van der Waals surface area (Å²) in [6, 6.07) is 0. The van der Waals surface area contributed by atoms with Gasteiger partial charge in [-0.15, -0.1) is 0 Å². The largest absolute Gasteiger partial charge is 0.756 e. The van der Waals surface area contributed by atoms with Gasteiger partial charge in [-0.25, -0.2) is 0 Å². The Morgan fingerprint density at radius 3 is 1.23 bits per heavy atom. The molecule has 9 nitrogen and oxygen atoms in total. The first kappa shape index (κ1) is 65.4. The molecule has 392 valence electrons. The molecule has 0 spiro atoms. The van der Waals surface area contributed by atoms with Crippen molar-refractivity contribution in [2.45, 2.75) is 193 Å². The smallest absolute Gasteiger partial charge is 0.306 e. The van der Waals surface area contributed by atoms with Crippen molar-refractivity contribution in [2.75, 3.05) is 47.5 Å². The predicted octanol–water partition coefficient (Wildman–Crippen LogP) is 15.8. The van der Waals surface area contributed by atoms with Gasteiger partial charge in [0, 0.05) is 12.8 Å². The molecule has 2 atom stereocenters. The fourth-order valence-electron chi connectivity index (χ4n) is 6.58. The number of likely N-dealkylation sites (N-methyl/N-ethyl adjacent to an activating group) is 1. The Morgan fingerprint density at radius 2 is 0.826 bits per heavy atom. The lowest BCUT2D eigenvalue weighted by Gasteiger charge is -2.28. The number of quaternary nitrogens is 1. The molecule has 0 N–H and O–H groups in total. The fourth-order valence-corrected chi connectivity index (χ4v) is 7.31. The lowest BCUT2D eigenvalue weighted by atomic mass is 10.1. The third-order valence-electron chi connectivity index (χ3n) is 10.7. The van der Waals surface area contributed by atoms with Crippen molar-refractivity contribution in [1.29, 1.82) is 0 Å². The molecule has 0 fully saturated rings. The monoisotopic (exact) mass is 980 g/mol. The van der Waals surface area contributed by atoms with E-state index in [0.717, 1.165) is 116 Å². The van der Waals surface area contributed by atoms with Crippen LogP contribution in [0.2, 0.25) is 0 Å². The maximum Gasteiger partial charge on any atom is 0.306 e. The van der Waals surface area contributed by atoms with E-state index in [1.807, 2.05) is 21.1 Å². The first-order valence-corrected chi connectivity index (χ1v) is 28.2. The number of carbonyl (C=O) groups is 2. The molecule has 0 aliphatic heterocycles. The molecule has 0 aromatic carbocycles. The summed E-state index contributed by atoms with van der Waals surface area (Å²) in [5.74, 6) is -0.890. The number of rotatable bonds is 47. The SMILES string of the molecule is CC/C=C\C/C=C\C/C=C\C/C=C\C/C=C\C/C=C\C/C=C\C/C=C\CCCCCCC(=O)OC(COC(=O)CCCCCCC/C=C\C/C=C\CCCCCC)COP(=O)([O-])OCC[N+](C)(C)C. The van der Waals surface area contributed by atoms with Gasteiger partial charge in [-0.2, -0.15) is 0 Å². The lowest BCUT2D eigenvalue weighted by Crippen LogP contribution is -2.37. The summed E-state index contributed by atoms with van der Waals surface area (Å²) in [7, 11) is 1.12. The number of phosphoric ester groups is 1. The van der Waals surface area contributed by atoms with Crippen LogP contribution in [-0.2, 0) is 32.7 Å². The molecule has 0 bridgehead atoms. The van der Waals surface area contributed by atoms with Gasteiger partial charge in [0.1, 0.15) is 19.8 Å². The average Bonchev–Trinajstić information content (AvgIpc) is 3.31. The van der Waals surface area contributed by atoms with Gasteiger partial charge in [0.05, 0.1) is 27.7 Å². The molecular formula is C59H98NO8P. The molecule has 0 aromatic rings. The van der Waals surface area contributed by atoms with Crippen molar-refractivity contribution in [3.05, 3.63) is 122 Å². The second-order valence-electron chi connectivity index (χ2n) is 18.5. The number of hydrogen-bond donors (Lipinski definition) is 0. The van der Waals surface area contributed by atoms with Crippen molar-refractivity contribution in [3.8, 4) is 0 Å². The number of nitrogens with zero attached hydrogens (tertiary/aromatic N) is 1. The highest BCUT2D eigenvalue weighted by Crippen LogP contribution is 2.38. The molecule has 0 heterocycles. The molecular weight excluding hydrogens is 882 g/mol. The fraction of sp³-hybridized carbons (Fsp3) is 0.627. The van der Waals surface area contributed by atoms with Gasteiger partial charge >= 0.3 is 11.9 Å². The summed E-state index contributed by atoms with van der Waals surface area (Å²) in [6.45, 7) is 4.03. The molecule has 0 rings (SSSR count). The van der Waals surface area contributed by atoms with Crippen molar-refractivity contribution < 1.29 is 42.1 Å². The minimum absolute atomic E-state index is 0.0457. The van der Waals surface area contributed by atoms with E-state index < -0.39 is 32.5 Å². The average molecular weight is 980 g/mol. The first-order chi connectivity index (χ1) is 33.5. The second-order valence-corrected chi connectivity index (χ2v) is 19.9. The molecule has 10 heteroatoms. The maximum atomic E-state index is 12.8. The van der Waals surface area contributed by atoms with E-state index in [1.54, 1.807) is 0 Å². The number of esters is 2. The zero-order valence-electron chi connectivity index (χ0n) is 44.2. The van der Waals surface area contributed by atoms with Crippen LogP contribution in [0, 0.1) is 0 Å². The third kappa shape index (κ3) is 53.6. The summed E-state index contributed by atoms with van der Waals surface area (Å²) in [5, 5.41) is 0. The van der Waals surface area contributed by atoms with Gasteiger partial charge in [-0.1, -0.05) is 187 Å². The summed E-state index contributed by atoms with van der Waals surface area (Å²) in [6.07, 6.45) is 69.5. The first-order valence-electron chi connectivity index (χ1n) is 26.7. The van der Waals surface area contributed by atoms with Crippen LogP contribution < -0.4 is 4.89 Å². The highest BCUT2D eigenvalue weighted by atomic mass is 31.2. The highest BCUT2D eigenvalue weighted by molar-refractivity contribution is 7.45. The molecule has 0 aliphatic carbocycles. The minimum atomic E-state index is -4.65. The molecule has 0 aliphatic rings. The summed E-state index contributed by atoms with van der Waals surface area (Å²) in [4.78, 5) is 37.7. The van der Waals surface area contributed by atoms with Gasteiger partial charge < -0.3 is 27.9 Å². The van der Waals surface area contributed by atoms with Crippen LogP contribution >= 0.6 is 7.82 Å². The highest BCUT2D eigenvalue weighted by Gasteiger charge is 2.21. The Hall–Kier alpha value is -3.59. The molecule has 0 saturated carbocycles.